The van der Waals surface area contributed by atoms with Gasteiger partial charge in [0.2, 0.25) is 0 Å². The van der Waals surface area contributed by atoms with Crippen LogP contribution in [0.3, 0.4) is 0 Å². The van der Waals surface area contributed by atoms with E-state index in [9.17, 15) is 14.7 Å². The number of carbonyl (C=O) groups excluding carboxylic acids is 2. The van der Waals surface area contributed by atoms with E-state index in [-0.39, 0.29) is 23.7 Å². The van der Waals surface area contributed by atoms with Crippen LogP contribution >= 0.6 is 11.3 Å². The number of aliphatic hydroxyl groups is 1. The van der Waals surface area contributed by atoms with Gasteiger partial charge in [-0.05, 0) is 52.1 Å². The zero-order valence-corrected chi connectivity index (χ0v) is 19.1. The molecule has 1 atom stereocenters. The maximum absolute atomic E-state index is 13.2. The highest BCUT2D eigenvalue weighted by Gasteiger charge is 2.45. The molecule has 0 bridgehead atoms. The van der Waals surface area contributed by atoms with E-state index in [1.807, 2.05) is 67.8 Å². The third-order valence-corrected chi connectivity index (χ3v) is 6.22. The molecule has 1 aromatic heterocycles. The second-order valence-corrected chi connectivity index (χ2v) is 8.94. The molecule has 1 aliphatic rings. The van der Waals surface area contributed by atoms with Crippen molar-refractivity contribution in [3.63, 3.8) is 0 Å². The first kappa shape index (κ1) is 21.8. The topological polar surface area (TPSA) is 66.8 Å². The summed E-state index contributed by atoms with van der Waals surface area (Å²) < 4.78 is 5.54. The third-order valence-electron chi connectivity index (χ3n) is 5.54. The fourth-order valence-electron chi connectivity index (χ4n) is 4.07. The lowest BCUT2D eigenvalue weighted by Crippen LogP contribution is -2.31. The summed E-state index contributed by atoms with van der Waals surface area (Å²) in [6.45, 7) is 3.87. The van der Waals surface area contributed by atoms with Gasteiger partial charge in [0.1, 0.15) is 5.75 Å². The second kappa shape index (κ2) is 9.01. The summed E-state index contributed by atoms with van der Waals surface area (Å²) in [5.41, 5.74) is 3.51. The molecule has 1 amide bonds. The first-order valence-electron chi connectivity index (χ1n) is 10.5. The molecule has 5 nitrogen and oxygen atoms in total. The highest BCUT2D eigenvalue weighted by Crippen LogP contribution is 2.44. The number of rotatable bonds is 7. The number of anilines is 1. The number of hydrogen-bond acceptors (Lipinski definition) is 5. The molecular weight excluding hydrogens is 422 g/mol. The molecule has 2 heterocycles. The van der Waals surface area contributed by atoms with Gasteiger partial charge >= 0.3 is 0 Å². The van der Waals surface area contributed by atoms with Crippen molar-refractivity contribution in [1.82, 2.24) is 0 Å². The van der Waals surface area contributed by atoms with Gasteiger partial charge in [-0.15, -0.1) is 0 Å². The van der Waals surface area contributed by atoms with Crippen molar-refractivity contribution in [2.75, 3.05) is 12.0 Å². The number of Topliss-reactive ketones (excluding diaryl/α,β-unsaturated/α-hetero) is 1. The van der Waals surface area contributed by atoms with Crippen molar-refractivity contribution in [2.24, 2.45) is 5.92 Å². The molecule has 0 fully saturated rings. The Hall–Kier alpha value is -3.38. The van der Waals surface area contributed by atoms with Gasteiger partial charge in [0.25, 0.3) is 5.91 Å². The van der Waals surface area contributed by atoms with Gasteiger partial charge in [-0.2, -0.15) is 11.3 Å². The Morgan fingerprint density at radius 3 is 2.44 bits per heavy atom. The Balaban J connectivity index is 1.82. The number of hydrogen-bond donors (Lipinski definition) is 1. The lowest BCUT2D eigenvalue weighted by molar-refractivity contribution is -0.118. The SMILES string of the molecule is COc1ccccc1C1C(C(=O)CC(C)C)=C(O)C(=O)N1c1ccc(-c2ccsc2)cc1. The molecule has 3 aromatic rings. The number of para-hydroxylation sites is 1. The molecule has 0 saturated heterocycles. The van der Waals surface area contributed by atoms with Crippen molar-refractivity contribution in [1.29, 1.82) is 0 Å². The summed E-state index contributed by atoms with van der Waals surface area (Å²) >= 11 is 1.62. The maximum Gasteiger partial charge on any atom is 0.294 e. The van der Waals surface area contributed by atoms with Gasteiger partial charge in [-0.1, -0.05) is 44.2 Å². The number of thiophene rings is 1. The first-order valence-corrected chi connectivity index (χ1v) is 11.4. The molecular formula is C26H25NO4S. The van der Waals surface area contributed by atoms with Crippen LogP contribution in [0.25, 0.3) is 11.1 Å². The van der Waals surface area contributed by atoms with Crippen LogP contribution in [0, 0.1) is 5.92 Å². The van der Waals surface area contributed by atoms with Crippen LogP contribution in [0.2, 0.25) is 0 Å². The Bertz CT molecular complexity index is 1160. The third kappa shape index (κ3) is 3.94. The number of ether oxygens (including phenoxy) is 1. The lowest BCUT2D eigenvalue weighted by atomic mass is 9.91. The van der Waals surface area contributed by atoms with E-state index < -0.39 is 17.7 Å². The highest BCUT2D eigenvalue weighted by molar-refractivity contribution is 7.08. The van der Waals surface area contributed by atoms with Gasteiger partial charge in [0.15, 0.2) is 11.5 Å². The van der Waals surface area contributed by atoms with Gasteiger partial charge in [-0.3, -0.25) is 14.5 Å². The number of benzene rings is 2. The van der Waals surface area contributed by atoms with Crippen LogP contribution in [0.15, 0.2) is 76.7 Å². The molecule has 0 saturated carbocycles. The quantitative estimate of drug-likeness (QED) is 0.487. The van der Waals surface area contributed by atoms with Crippen molar-refractivity contribution in [3.8, 4) is 16.9 Å². The van der Waals surface area contributed by atoms with Crippen molar-refractivity contribution in [2.45, 2.75) is 26.3 Å². The number of nitrogens with zero attached hydrogens (tertiary/aromatic N) is 1. The van der Waals surface area contributed by atoms with Crippen molar-refractivity contribution < 1.29 is 19.4 Å². The zero-order chi connectivity index (χ0) is 22.8. The van der Waals surface area contributed by atoms with Gasteiger partial charge in [0.05, 0.1) is 18.7 Å². The predicted molar refractivity (Wildman–Crippen MR) is 127 cm³/mol. The average molecular weight is 448 g/mol. The van der Waals surface area contributed by atoms with Crippen LogP contribution in [-0.2, 0) is 9.59 Å². The molecule has 0 radical (unpaired) electrons. The van der Waals surface area contributed by atoms with E-state index in [0.717, 1.165) is 11.1 Å². The maximum atomic E-state index is 13.2. The summed E-state index contributed by atoms with van der Waals surface area (Å²) in [4.78, 5) is 27.9. The Labute approximate surface area is 191 Å². The number of methoxy groups -OCH3 is 1. The summed E-state index contributed by atoms with van der Waals surface area (Å²) in [5, 5.41) is 14.9. The van der Waals surface area contributed by atoms with Crippen LogP contribution in [-0.4, -0.2) is 23.9 Å². The molecule has 32 heavy (non-hydrogen) atoms. The minimum absolute atomic E-state index is 0.0927. The predicted octanol–water partition coefficient (Wildman–Crippen LogP) is 5.94. The minimum Gasteiger partial charge on any atom is -0.503 e. The Kier molecular flexibility index (Phi) is 6.15. The van der Waals surface area contributed by atoms with E-state index in [1.54, 1.807) is 24.5 Å². The number of ketones is 1. The average Bonchev–Trinajstić information content (AvgIpc) is 3.41. The molecule has 2 aromatic carbocycles. The smallest absolute Gasteiger partial charge is 0.294 e. The van der Waals surface area contributed by atoms with E-state index in [0.29, 0.717) is 17.0 Å². The van der Waals surface area contributed by atoms with Crippen LogP contribution in [0.1, 0.15) is 31.9 Å². The monoisotopic (exact) mass is 447 g/mol. The summed E-state index contributed by atoms with van der Waals surface area (Å²) in [5.74, 6) is -0.672. The Morgan fingerprint density at radius 2 is 1.81 bits per heavy atom. The van der Waals surface area contributed by atoms with Crippen LogP contribution in [0.5, 0.6) is 5.75 Å². The fourth-order valence-corrected chi connectivity index (χ4v) is 4.73. The summed E-state index contributed by atoms with van der Waals surface area (Å²) in [6, 6.07) is 16.1. The van der Waals surface area contributed by atoms with E-state index in [4.69, 9.17) is 4.74 Å². The number of carbonyl (C=O) groups is 2. The van der Waals surface area contributed by atoms with E-state index >= 15 is 0 Å². The molecule has 4 rings (SSSR count). The normalized spacial score (nSPS) is 16.2. The van der Waals surface area contributed by atoms with Gasteiger partial charge in [-0.25, -0.2) is 0 Å². The van der Waals surface area contributed by atoms with Crippen LogP contribution < -0.4 is 9.64 Å². The number of amides is 1. The fraction of sp³-hybridized carbons (Fsp3) is 0.231. The van der Waals surface area contributed by atoms with E-state index in [1.165, 1.54) is 4.90 Å². The molecule has 6 heteroatoms. The van der Waals surface area contributed by atoms with Crippen molar-refractivity contribution >= 4 is 28.7 Å². The standard InChI is InChI=1S/C26H25NO4S/c1-16(2)14-21(28)23-24(20-6-4-5-7-22(20)31-3)27(26(30)25(23)29)19-10-8-17(9-11-19)18-12-13-32-15-18/h4-13,15-16,24,29H,14H2,1-3H3. The molecule has 164 valence electrons. The molecule has 0 aliphatic carbocycles. The van der Waals surface area contributed by atoms with E-state index in [2.05, 4.69) is 5.38 Å². The van der Waals surface area contributed by atoms with Gasteiger partial charge in [0, 0.05) is 17.7 Å². The Morgan fingerprint density at radius 1 is 1.09 bits per heavy atom. The first-order chi connectivity index (χ1) is 15.4. The van der Waals surface area contributed by atoms with Gasteiger partial charge < -0.3 is 9.84 Å². The molecule has 1 unspecified atom stereocenters. The van der Waals surface area contributed by atoms with Crippen molar-refractivity contribution in [3.05, 3.63) is 82.3 Å². The highest BCUT2D eigenvalue weighted by atomic mass is 32.1. The summed E-state index contributed by atoms with van der Waals surface area (Å²) in [7, 11) is 1.55. The number of aliphatic hydroxyl groups excluding tert-OH is 1. The molecule has 1 aliphatic heterocycles. The van der Waals surface area contributed by atoms with Crippen LogP contribution in [0.4, 0.5) is 5.69 Å². The molecule has 1 N–H and O–H groups in total. The summed E-state index contributed by atoms with van der Waals surface area (Å²) in [6.07, 6.45) is 0.239. The lowest BCUT2D eigenvalue weighted by Gasteiger charge is -2.28. The largest absolute Gasteiger partial charge is 0.503 e. The molecule has 0 spiro atoms. The zero-order valence-electron chi connectivity index (χ0n) is 18.2. The minimum atomic E-state index is -0.767. The second-order valence-electron chi connectivity index (χ2n) is 8.16.